The number of ether oxygens (including phenoxy) is 2. The summed E-state index contributed by atoms with van der Waals surface area (Å²) in [6.07, 6.45) is 4.71. The van der Waals surface area contributed by atoms with Crippen LogP contribution in [0.15, 0.2) is 22.7 Å². The Morgan fingerprint density at radius 2 is 2.31 bits per heavy atom. The van der Waals surface area contributed by atoms with Crippen molar-refractivity contribution < 1.29 is 18.7 Å². The molecule has 4 heteroatoms. The van der Waals surface area contributed by atoms with Gasteiger partial charge in [-0.3, -0.25) is 0 Å². The van der Waals surface area contributed by atoms with Gasteiger partial charge >= 0.3 is 5.97 Å². The van der Waals surface area contributed by atoms with Gasteiger partial charge in [0, 0.05) is 11.1 Å². The smallest absolute Gasteiger partial charge is 0.373 e. The maximum Gasteiger partial charge on any atom is 0.373 e. The highest BCUT2D eigenvalue weighted by atomic mass is 16.6. The molecule has 1 aliphatic rings. The molecule has 0 N–H and O–H groups in total. The summed E-state index contributed by atoms with van der Waals surface area (Å²) >= 11 is 0. The number of hydrogen-bond acceptors (Lipinski definition) is 4. The Morgan fingerprint density at radius 1 is 1.46 bits per heavy atom. The van der Waals surface area contributed by atoms with E-state index in [2.05, 4.69) is 0 Å². The topological polar surface area (TPSA) is 48.7 Å². The Balaban J connectivity index is 2.43. The molecule has 0 saturated carbocycles. The molecule has 0 radical (unpaired) electrons. The van der Waals surface area contributed by atoms with Crippen LogP contribution < -0.4 is 0 Å². The van der Waals surface area contributed by atoms with Crippen LogP contribution in [-0.4, -0.2) is 13.1 Å². The zero-order valence-corrected chi connectivity index (χ0v) is 7.07. The highest BCUT2D eigenvalue weighted by Gasteiger charge is 2.18. The SMILES string of the molecule is COC1=Cc2cocc2COC1=O. The van der Waals surface area contributed by atoms with Crippen molar-refractivity contribution in [2.24, 2.45) is 0 Å². The molecule has 68 valence electrons. The Morgan fingerprint density at radius 3 is 3.08 bits per heavy atom. The highest BCUT2D eigenvalue weighted by Crippen LogP contribution is 2.20. The second-order valence-electron chi connectivity index (χ2n) is 2.64. The summed E-state index contributed by atoms with van der Waals surface area (Å²) < 4.78 is 14.7. The molecule has 0 saturated heterocycles. The van der Waals surface area contributed by atoms with Gasteiger partial charge in [-0.25, -0.2) is 4.79 Å². The van der Waals surface area contributed by atoms with E-state index >= 15 is 0 Å². The van der Waals surface area contributed by atoms with E-state index in [1.165, 1.54) is 7.11 Å². The standard InChI is InChI=1S/C9H8O4/c1-11-8-2-6-3-12-4-7(6)5-13-9(8)10/h2-4H,5H2,1H3. The number of carbonyl (C=O) groups is 1. The molecule has 0 spiro atoms. The van der Waals surface area contributed by atoms with E-state index in [1.54, 1.807) is 18.6 Å². The molecule has 1 aromatic heterocycles. The maximum atomic E-state index is 11.2. The van der Waals surface area contributed by atoms with E-state index in [0.29, 0.717) is 0 Å². The number of furan rings is 1. The van der Waals surface area contributed by atoms with Gasteiger partial charge < -0.3 is 13.9 Å². The first-order chi connectivity index (χ1) is 6.31. The van der Waals surface area contributed by atoms with Crippen LogP contribution in [-0.2, 0) is 20.9 Å². The van der Waals surface area contributed by atoms with E-state index < -0.39 is 5.97 Å². The summed E-state index contributed by atoms with van der Waals surface area (Å²) in [4.78, 5) is 11.2. The van der Waals surface area contributed by atoms with Crippen LogP contribution in [0.4, 0.5) is 0 Å². The van der Waals surface area contributed by atoms with Gasteiger partial charge in [0.05, 0.1) is 19.6 Å². The first-order valence-electron chi connectivity index (χ1n) is 3.79. The Labute approximate surface area is 74.7 Å². The van der Waals surface area contributed by atoms with Crippen molar-refractivity contribution in [3.63, 3.8) is 0 Å². The first-order valence-corrected chi connectivity index (χ1v) is 3.79. The van der Waals surface area contributed by atoms with Gasteiger partial charge in [-0.1, -0.05) is 0 Å². The molecule has 0 bridgehead atoms. The molecule has 4 nitrogen and oxygen atoms in total. The Hall–Kier alpha value is -1.71. The maximum absolute atomic E-state index is 11.2. The number of cyclic esters (lactones) is 1. The van der Waals surface area contributed by atoms with Gasteiger partial charge in [0.25, 0.3) is 0 Å². The Kier molecular flexibility index (Phi) is 1.81. The minimum absolute atomic E-state index is 0.195. The summed E-state index contributed by atoms with van der Waals surface area (Å²) in [6.45, 7) is 0.230. The average molecular weight is 180 g/mol. The van der Waals surface area contributed by atoms with Crippen LogP contribution in [0.3, 0.4) is 0 Å². The average Bonchev–Trinajstić information content (AvgIpc) is 2.52. The van der Waals surface area contributed by atoms with Crippen molar-refractivity contribution in [3.05, 3.63) is 29.4 Å². The first kappa shape index (κ1) is 7.91. The summed E-state index contributed by atoms with van der Waals surface area (Å²) in [5.74, 6) is -0.251. The van der Waals surface area contributed by atoms with Gasteiger partial charge in [0.1, 0.15) is 6.61 Å². The van der Waals surface area contributed by atoms with Crippen LogP contribution >= 0.6 is 0 Å². The fourth-order valence-corrected chi connectivity index (χ4v) is 1.13. The van der Waals surface area contributed by atoms with Crippen molar-refractivity contribution in [1.82, 2.24) is 0 Å². The van der Waals surface area contributed by atoms with Gasteiger partial charge in [-0.15, -0.1) is 0 Å². The molecule has 0 fully saturated rings. The van der Waals surface area contributed by atoms with E-state index in [9.17, 15) is 4.79 Å². The van der Waals surface area contributed by atoms with Gasteiger partial charge in [0.15, 0.2) is 0 Å². The van der Waals surface area contributed by atoms with Crippen LogP contribution in [0.25, 0.3) is 6.08 Å². The second kappa shape index (κ2) is 2.97. The number of esters is 1. The highest BCUT2D eigenvalue weighted by molar-refractivity contribution is 5.92. The van der Waals surface area contributed by atoms with Crippen molar-refractivity contribution in [2.45, 2.75) is 6.61 Å². The minimum atomic E-state index is -0.446. The van der Waals surface area contributed by atoms with Crippen molar-refractivity contribution >= 4 is 12.0 Å². The molecule has 0 atom stereocenters. The lowest BCUT2D eigenvalue weighted by Crippen LogP contribution is -2.06. The number of methoxy groups -OCH3 is 1. The number of fused-ring (bicyclic) bond motifs is 1. The summed E-state index contributed by atoms with van der Waals surface area (Å²) in [7, 11) is 1.43. The third kappa shape index (κ3) is 1.30. The number of hydrogen-bond donors (Lipinski definition) is 0. The second-order valence-corrected chi connectivity index (χ2v) is 2.64. The minimum Gasteiger partial charge on any atom is -0.490 e. The van der Waals surface area contributed by atoms with Crippen LogP contribution in [0.5, 0.6) is 0 Å². The third-order valence-corrected chi connectivity index (χ3v) is 1.84. The number of rotatable bonds is 1. The molecule has 0 amide bonds. The molecular formula is C9H8O4. The van der Waals surface area contributed by atoms with E-state index in [1.807, 2.05) is 0 Å². The molecule has 13 heavy (non-hydrogen) atoms. The fourth-order valence-electron chi connectivity index (χ4n) is 1.13. The molecule has 2 rings (SSSR count). The van der Waals surface area contributed by atoms with E-state index in [-0.39, 0.29) is 12.4 Å². The third-order valence-electron chi connectivity index (χ3n) is 1.84. The number of carbonyl (C=O) groups excluding carboxylic acids is 1. The lowest BCUT2D eigenvalue weighted by atomic mass is 10.2. The van der Waals surface area contributed by atoms with E-state index in [4.69, 9.17) is 13.9 Å². The zero-order valence-electron chi connectivity index (χ0n) is 7.07. The molecule has 1 aromatic rings. The molecule has 2 heterocycles. The predicted molar refractivity (Wildman–Crippen MR) is 43.5 cm³/mol. The lowest BCUT2D eigenvalue weighted by Gasteiger charge is -2.01. The van der Waals surface area contributed by atoms with Crippen LogP contribution in [0, 0.1) is 0 Å². The normalized spacial score (nSPS) is 15.5. The summed E-state index contributed by atoms with van der Waals surface area (Å²) in [6, 6.07) is 0. The van der Waals surface area contributed by atoms with Gasteiger partial charge in [0.2, 0.25) is 5.76 Å². The molecular weight excluding hydrogens is 172 g/mol. The van der Waals surface area contributed by atoms with Gasteiger partial charge in [-0.2, -0.15) is 0 Å². The quantitative estimate of drug-likeness (QED) is 0.611. The van der Waals surface area contributed by atoms with Crippen molar-refractivity contribution in [3.8, 4) is 0 Å². The monoisotopic (exact) mass is 180 g/mol. The molecule has 0 aromatic carbocycles. The summed E-state index contributed by atoms with van der Waals surface area (Å²) in [5, 5.41) is 0. The zero-order chi connectivity index (χ0) is 9.26. The van der Waals surface area contributed by atoms with Crippen LogP contribution in [0.2, 0.25) is 0 Å². The van der Waals surface area contributed by atoms with E-state index in [0.717, 1.165) is 11.1 Å². The lowest BCUT2D eigenvalue weighted by molar-refractivity contribution is -0.143. The predicted octanol–water partition coefficient (Wildman–Crippen LogP) is 1.32. The molecule has 0 unspecified atom stereocenters. The molecule has 1 aliphatic heterocycles. The molecule has 0 aliphatic carbocycles. The van der Waals surface area contributed by atoms with Crippen LogP contribution in [0.1, 0.15) is 11.1 Å². The van der Waals surface area contributed by atoms with Gasteiger partial charge in [-0.05, 0) is 6.08 Å². The summed E-state index contributed by atoms with van der Waals surface area (Å²) in [5.41, 5.74) is 1.67. The Bertz CT molecular complexity index is 361. The van der Waals surface area contributed by atoms with Crippen molar-refractivity contribution in [1.29, 1.82) is 0 Å². The fraction of sp³-hybridized carbons (Fsp3) is 0.222. The largest absolute Gasteiger partial charge is 0.490 e. The van der Waals surface area contributed by atoms with Crippen molar-refractivity contribution in [2.75, 3.05) is 7.11 Å².